The second-order valence-corrected chi connectivity index (χ2v) is 4.39. The van der Waals surface area contributed by atoms with Gasteiger partial charge < -0.3 is 5.11 Å². The molecule has 1 aliphatic rings. The van der Waals surface area contributed by atoms with Gasteiger partial charge in [-0.1, -0.05) is 0 Å². The van der Waals surface area contributed by atoms with Gasteiger partial charge in [0.15, 0.2) is 0 Å². The summed E-state index contributed by atoms with van der Waals surface area (Å²) in [7, 11) is 1.67. The van der Waals surface area contributed by atoms with E-state index in [1.54, 1.807) is 7.05 Å². The third-order valence-electron chi connectivity index (χ3n) is 3.18. The summed E-state index contributed by atoms with van der Waals surface area (Å²) < 4.78 is 0. The van der Waals surface area contributed by atoms with E-state index < -0.39 is 5.97 Å². The van der Waals surface area contributed by atoms with Crippen LogP contribution >= 0.6 is 0 Å². The van der Waals surface area contributed by atoms with Crippen molar-refractivity contribution in [2.75, 3.05) is 20.1 Å². The maximum atomic E-state index is 10.6. The Balaban J connectivity index is 2.49. The van der Waals surface area contributed by atoms with Crippen molar-refractivity contribution in [3.8, 4) is 0 Å². The van der Waals surface area contributed by atoms with Gasteiger partial charge in [-0.25, -0.2) is 0 Å². The first-order valence-corrected chi connectivity index (χ1v) is 5.56. The summed E-state index contributed by atoms with van der Waals surface area (Å²) >= 11 is 0. The molecular weight excluding hydrogens is 210 g/mol. The van der Waals surface area contributed by atoms with Crippen LogP contribution in [0.2, 0.25) is 0 Å². The molecule has 0 aromatic carbocycles. The van der Waals surface area contributed by atoms with Gasteiger partial charge in [0.1, 0.15) is 0 Å². The molecule has 92 valence electrons. The first kappa shape index (κ1) is 12.9. The minimum Gasteiger partial charge on any atom is -0.481 e. The molecule has 0 spiro atoms. The highest BCUT2D eigenvalue weighted by Gasteiger charge is 2.27. The Bertz CT molecular complexity index is 260. The van der Waals surface area contributed by atoms with E-state index in [0.717, 1.165) is 25.9 Å². The number of piperidine rings is 1. The Labute approximate surface area is 95.2 Å². The molecule has 1 heterocycles. The number of likely N-dealkylation sites (tertiary alicyclic amines) is 1. The van der Waals surface area contributed by atoms with Gasteiger partial charge >= 0.3 is 5.97 Å². The lowest BCUT2D eigenvalue weighted by atomic mass is 10.0. The van der Waals surface area contributed by atoms with Crippen LogP contribution in [0.3, 0.4) is 0 Å². The number of carboxylic acid groups (broad SMARTS) is 1. The number of likely N-dealkylation sites (N-methyl/N-ethyl adjacent to an activating group) is 1. The fourth-order valence-electron chi connectivity index (χ4n) is 2.14. The van der Waals surface area contributed by atoms with Crippen molar-refractivity contribution < 1.29 is 9.90 Å². The molecule has 0 aliphatic carbocycles. The van der Waals surface area contributed by atoms with Crippen molar-refractivity contribution in [3.05, 3.63) is 4.91 Å². The smallest absolute Gasteiger partial charge is 0.304 e. The predicted octanol–water partition coefficient (Wildman–Crippen LogP) is 0.927. The number of carboxylic acids is 1. The predicted molar refractivity (Wildman–Crippen MR) is 59.9 cm³/mol. The zero-order valence-electron chi connectivity index (χ0n) is 9.80. The average molecular weight is 229 g/mol. The average Bonchev–Trinajstić information content (AvgIpc) is 2.27. The third-order valence-corrected chi connectivity index (χ3v) is 3.18. The van der Waals surface area contributed by atoms with E-state index >= 15 is 0 Å². The van der Waals surface area contributed by atoms with Crippen LogP contribution in [0, 0.1) is 4.91 Å². The van der Waals surface area contributed by atoms with E-state index in [4.69, 9.17) is 5.11 Å². The lowest BCUT2D eigenvalue weighted by Gasteiger charge is -2.38. The number of hydrogen-bond acceptors (Lipinski definition) is 4. The molecule has 2 unspecified atom stereocenters. The standard InChI is InChI=1S/C10H19N3O3/c1-8(6-10(14)15)13-5-3-4-9(7-13)12(2)11-16/h8-9H,3-7H2,1-2H3,(H,14,15). The maximum Gasteiger partial charge on any atom is 0.304 e. The fourth-order valence-corrected chi connectivity index (χ4v) is 2.14. The first-order valence-electron chi connectivity index (χ1n) is 5.56. The van der Waals surface area contributed by atoms with Crippen molar-refractivity contribution in [1.82, 2.24) is 9.91 Å². The van der Waals surface area contributed by atoms with Gasteiger partial charge in [-0.05, 0) is 26.3 Å². The van der Waals surface area contributed by atoms with E-state index in [2.05, 4.69) is 10.2 Å². The highest BCUT2D eigenvalue weighted by Crippen LogP contribution is 2.18. The Hall–Kier alpha value is -1.17. The Morgan fingerprint density at radius 3 is 2.94 bits per heavy atom. The van der Waals surface area contributed by atoms with Gasteiger partial charge in [-0.15, -0.1) is 4.91 Å². The van der Waals surface area contributed by atoms with Crippen molar-refractivity contribution in [2.24, 2.45) is 5.29 Å². The minimum absolute atomic E-state index is 0.0142. The van der Waals surface area contributed by atoms with E-state index in [1.165, 1.54) is 5.01 Å². The molecule has 0 aromatic rings. The summed E-state index contributed by atoms with van der Waals surface area (Å²) in [5.74, 6) is -0.781. The Kier molecular flexibility index (Phi) is 4.67. The SMILES string of the molecule is CC(CC(=O)O)N1CCCC(N(C)N=O)C1. The minimum atomic E-state index is -0.781. The molecule has 6 heteroatoms. The number of hydrogen-bond donors (Lipinski definition) is 1. The van der Waals surface area contributed by atoms with Crippen LogP contribution in [-0.2, 0) is 4.79 Å². The largest absolute Gasteiger partial charge is 0.481 e. The fraction of sp³-hybridized carbons (Fsp3) is 0.900. The lowest BCUT2D eigenvalue weighted by molar-refractivity contribution is -0.138. The summed E-state index contributed by atoms with van der Waals surface area (Å²) in [6.45, 7) is 3.53. The van der Waals surface area contributed by atoms with Gasteiger partial charge in [0, 0.05) is 19.6 Å². The number of nitrogens with zero attached hydrogens (tertiary/aromatic N) is 3. The normalized spacial score (nSPS) is 23.8. The summed E-state index contributed by atoms with van der Waals surface area (Å²) in [5, 5.41) is 13.1. The van der Waals surface area contributed by atoms with Crippen LogP contribution in [0.25, 0.3) is 0 Å². The molecule has 1 rings (SSSR count). The zero-order valence-corrected chi connectivity index (χ0v) is 9.80. The second-order valence-electron chi connectivity index (χ2n) is 4.39. The second kappa shape index (κ2) is 5.79. The van der Waals surface area contributed by atoms with Gasteiger partial charge in [0.2, 0.25) is 0 Å². The van der Waals surface area contributed by atoms with Crippen LogP contribution in [0.5, 0.6) is 0 Å². The van der Waals surface area contributed by atoms with Gasteiger partial charge in [-0.3, -0.25) is 14.7 Å². The lowest BCUT2D eigenvalue weighted by Crippen LogP contribution is -2.48. The van der Waals surface area contributed by atoms with E-state index in [-0.39, 0.29) is 18.5 Å². The summed E-state index contributed by atoms with van der Waals surface area (Å²) in [6.07, 6.45) is 2.07. The number of rotatable bonds is 5. The molecule has 1 fully saturated rings. The van der Waals surface area contributed by atoms with Crippen LogP contribution in [0.1, 0.15) is 26.2 Å². The van der Waals surface area contributed by atoms with Crippen LogP contribution < -0.4 is 0 Å². The molecule has 2 atom stereocenters. The van der Waals surface area contributed by atoms with Crippen molar-refractivity contribution >= 4 is 5.97 Å². The van der Waals surface area contributed by atoms with E-state index in [9.17, 15) is 9.70 Å². The van der Waals surface area contributed by atoms with Crippen LogP contribution in [-0.4, -0.2) is 53.2 Å². The molecule has 1 aliphatic heterocycles. The van der Waals surface area contributed by atoms with Crippen LogP contribution in [0.15, 0.2) is 5.29 Å². The molecule has 16 heavy (non-hydrogen) atoms. The molecular formula is C10H19N3O3. The van der Waals surface area contributed by atoms with Crippen molar-refractivity contribution in [2.45, 2.75) is 38.3 Å². The Morgan fingerprint density at radius 1 is 1.69 bits per heavy atom. The summed E-state index contributed by atoms with van der Waals surface area (Å²) in [4.78, 5) is 23.2. The molecule has 1 N–H and O–H groups in total. The molecule has 6 nitrogen and oxygen atoms in total. The summed E-state index contributed by atoms with van der Waals surface area (Å²) in [5.41, 5.74) is 0. The quantitative estimate of drug-likeness (QED) is 0.560. The molecule has 1 saturated heterocycles. The van der Waals surface area contributed by atoms with Crippen molar-refractivity contribution in [3.63, 3.8) is 0 Å². The van der Waals surface area contributed by atoms with Crippen molar-refractivity contribution in [1.29, 1.82) is 0 Å². The molecule has 0 radical (unpaired) electrons. The van der Waals surface area contributed by atoms with Crippen LogP contribution in [0.4, 0.5) is 0 Å². The van der Waals surface area contributed by atoms with Gasteiger partial charge in [0.25, 0.3) is 0 Å². The summed E-state index contributed by atoms with van der Waals surface area (Å²) in [6, 6.07) is 0.128. The van der Waals surface area contributed by atoms with E-state index in [1.807, 2.05) is 6.92 Å². The maximum absolute atomic E-state index is 10.6. The first-order chi connectivity index (χ1) is 7.54. The molecule has 0 aromatic heterocycles. The third kappa shape index (κ3) is 3.44. The topological polar surface area (TPSA) is 73.2 Å². The highest BCUT2D eigenvalue weighted by atomic mass is 16.4. The Morgan fingerprint density at radius 2 is 2.38 bits per heavy atom. The number of nitroso groups, excluding NO2 is 1. The molecule has 0 bridgehead atoms. The zero-order chi connectivity index (χ0) is 12.1. The molecule has 0 amide bonds. The number of aliphatic carboxylic acids is 1. The molecule has 0 saturated carbocycles. The highest BCUT2D eigenvalue weighted by molar-refractivity contribution is 5.67. The number of carbonyl (C=O) groups is 1. The van der Waals surface area contributed by atoms with Gasteiger partial charge in [-0.2, -0.15) is 0 Å². The van der Waals surface area contributed by atoms with E-state index in [0.29, 0.717) is 0 Å². The van der Waals surface area contributed by atoms with Gasteiger partial charge in [0.05, 0.1) is 17.7 Å². The monoisotopic (exact) mass is 229 g/mol.